The summed E-state index contributed by atoms with van der Waals surface area (Å²) in [6.45, 7) is 3.57. The number of carbonyl (C=O) groups excluding carboxylic acids is 7. The molecule has 7 amide bonds. The van der Waals surface area contributed by atoms with Gasteiger partial charge in [0.15, 0.2) is 5.13 Å². The standard InChI is InChI=1S/C47H44N8O8S/c56-38-16-15-37(42(58)50-38)55-45(61)34-7-4-8-36(40(34)46(55)62)48-18-25-63-24-17-39(57)53-22-20-52(21-23-53)33-13-11-29(12-14-33)31-9-10-32-28-54(44(60)35(32)27-31)41(30-5-2-1-3-6-30)43(59)51-47-49-19-26-64-47/h1-14,19,26-27,37,41,48H,15-18,20-25,28H2,(H,49,51,59)(H,50,56,58)/t37-,41?/m1/s1. The van der Waals surface area contributed by atoms with E-state index in [2.05, 4.69) is 38.0 Å². The van der Waals surface area contributed by atoms with Gasteiger partial charge in [-0.3, -0.25) is 49.1 Å². The van der Waals surface area contributed by atoms with E-state index in [0.29, 0.717) is 61.2 Å². The van der Waals surface area contributed by atoms with E-state index >= 15 is 0 Å². The lowest BCUT2D eigenvalue weighted by Crippen LogP contribution is -2.54. The van der Waals surface area contributed by atoms with Crippen LogP contribution in [0.3, 0.4) is 0 Å². The van der Waals surface area contributed by atoms with Gasteiger partial charge in [-0.1, -0.05) is 60.7 Å². The van der Waals surface area contributed by atoms with Crippen molar-refractivity contribution in [3.05, 3.63) is 130 Å². The van der Waals surface area contributed by atoms with Gasteiger partial charge in [0.25, 0.3) is 23.6 Å². The maximum absolute atomic E-state index is 13.9. The number of piperazine rings is 1. The molecule has 16 nitrogen and oxygen atoms in total. The van der Waals surface area contributed by atoms with Crippen LogP contribution in [0.15, 0.2) is 103 Å². The molecule has 0 radical (unpaired) electrons. The smallest absolute Gasteiger partial charge is 0.264 e. The second-order valence-corrected chi connectivity index (χ2v) is 16.7. The summed E-state index contributed by atoms with van der Waals surface area (Å²) in [5, 5.41) is 10.5. The summed E-state index contributed by atoms with van der Waals surface area (Å²) in [7, 11) is 0. The van der Waals surface area contributed by atoms with E-state index in [1.165, 1.54) is 17.4 Å². The van der Waals surface area contributed by atoms with Crippen LogP contribution in [0.4, 0.5) is 16.5 Å². The third kappa shape index (κ3) is 8.46. The summed E-state index contributed by atoms with van der Waals surface area (Å²) in [4.78, 5) is 102. The summed E-state index contributed by atoms with van der Waals surface area (Å²) in [5.74, 6) is -2.79. The quantitative estimate of drug-likeness (QED) is 0.103. The molecular weight excluding hydrogens is 837 g/mol. The molecule has 9 rings (SSSR count). The van der Waals surface area contributed by atoms with Crippen LogP contribution < -0.4 is 20.9 Å². The lowest BCUT2D eigenvalue weighted by molar-refractivity contribution is -0.136. The van der Waals surface area contributed by atoms with Crippen molar-refractivity contribution >= 4 is 69.2 Å². The molecule has 0 bridgehead atoms. The fourth-order valence-electron chi connectivity index (χ4n) is 8.70. The number of nitrogens with zero attached hydrogens (tertiary/aromatic N) is 5. The van der Waals surface area contributed by atoms with Gasteiger partial charge in [-0.05, 0) is 59.0 Å². The molecule has 2 atom stereocenters. The minimum Gasteiger partial charge on any atom is -0.382 e. The lowest BCUT2D eigenvalue weighted by atomic mass is 10.00. The Hall–Kier alpha value is -7.24. The molecule has 3 N–H and O–H groups in total. The first-order chi connectivity index (χ1) is 31.1. The van der Waals surface area contributed by atoms with Crippen LogP contribution in [0, 0.1) is 0 Å². The number of piperidine rings is 1. The molecule has 1 aromatic heterocycles. The number of imide groups is 2. The van der Waals surface area contributed by atoms with E-state index in [4.69, 9.17) is 4.74 Å². The van der Waals surface area contributed by atoms with Crippen molar-refractivity contribution in [3.63, 3.8) is 0 Å². The highest BCUT2D eigenvalue weighted by Crippen LogP contribution is 2.36. The molecule has 2 fully saturated rings. The minimum atomic E-state index is -1.04. The molecule has 2 saturated heterocycles. The molecular formula is C47H44N8O8S. The molecule has 0 spiro atoms. The zero-order chi connectivity index (χ0) is 44.3. The summed E-state index contributed by atoms with van der Waals surface area (Å²) in [6, 6.07) is 26.3. The molecule has 0 saturated carbocycles. The lowest BCUT2D eigenvalue weighted by Gasteiger charge is -2.36. The second kappa shape index (κ2) is 18.2. The van der Waals surface area contributed by atoms with E-state index < -0.39 is 35.7 Å². The number of carbonyl (C=O) groups is 7. The van der Waals surface area contributed by atoms with Gasteiger partial charge >= 0.3 is 0 Å². The number of hydrogen-bond acceptors (Lipinski definition) is 12. The number of rotatable bonds is 14. The number of anilines is 3. The predicted molar refractivity (Wildman–Crippen MR) is 238 cm³/mol. The van der Waals surface area contributed by atoms with Gasteiger partial charge in [-0.25, -0.2) is 4.98 Å². The Labute approximate surface area is 372 Å². The van der Waals surface area contributed by atoms with E-state index in [-0.39, 0.29) is 61.3 Å². The molecule has 5 aromatic rings. The number of benzene rings is 4. The highest BCUT2D eigenvalue weighted by molar-refractivity contribution is 7.13. The van der Waals surface area contributed by atoms with Gasteiger partial charge in [-0.2, -0.15) is 0 Å². The normalized spacial score (nSPS) is 17.6. The van der Waals surface area contributed by atoms with Gasteiger partial charge in [-0.15, -0.1) is 11.3 Å². The largest absolute Gasteiger partial charge is 0.382 e. The van der Waals surface area contributed by atoms with E-state index in [1.807, 2.05) is 65.6 Å². The van der Waals surface area contributed by atoms with Crippen molar-refractivity contribution in [3.8, 4) is 11.1 Å². The number of ether oxygens (including phenoxy) is 1. The fraction of sp³-hybridized carbons (Fsp3) is 0.277. The maximum atomic E-state index is 13.9. The minimum absolute atomic E-state index is 0.00134. The van der Waals surface area contributed by atoms with Gasteiger partial charge < -0.3 is 24.8 Å². The van der Waals surface area contributed by atoms with Crippen LogP contribution in [0.25, 0.3) is 11.1 Å². The third-order valence-electron chi connectivity index (χ3n) is 12.0. The molecule has 64 heavy (non-hydrogen) atoms. The highest BCUT2D eigenvalue weighted by Gasteiger charge is 2.45. The number of hydrogen-bond donors (Lipinski definition) is 3. The number of thiazole rings is 1. The molecule has 4 aromatic carbocycles. The van der Waals surface area contributed by atoms with E-state index in [9.17, 15) is 33.6 Å². The second-order valence-electron chi connectivity index (χ2n) is 15.8. The molecule has 326 valence electrons. The third-order valence-corrected chi connectivity index (χ3v) is 12.7. The summed E-state index contributed by atoms with van der Waals surface area (Å²) >= 11 is 1.32. The Bertz CT molecular complexity index is 2630. The number of amides is 7. The average Bonchev–Trinajstić information content (AvgIpc) is 4.01. The monoisotopic (exact) mass is 880 g/mol. The first kappa shape index (κ1) is 42.1. The molecule has 4 aliphatic heterocycles. The Morgan fingerprint density at radius 3 is 2.36 bits per heavy atom. The Morgan fingerprint density at radius 2 is 1.61 bits per heavy atom. The van der Waals surface area contributed by atoms with Crippen molar-refractivity contribution < 1.29 is 38.3 Å². The van der Waals surface area contributed by atoms with Crippen LogP contribution in [0.1, 0.15) is 67.5 Å². The van der Waals surface area contributed by atoms with Gasteiger partial charge in [0.05, 0.1) is 30.8 Å². The van der Waals surface area contributed by atoms with Crippen LogP contribution >= 0.6 is 11.3 Å². The van der Waals surface area contributed by atoms with Gasteiger partial charge in [0.1, 0.15) is 12.1 Å². The van der Waals surface area contributed by atoms with Crippen molar-refractivity contribution in [2.45, 2.75) is 37.9 Å². The van der Waals surface area contributed by atoms with Crippen molar-refractivity contribution in [2.75, 3.05) is 61.5 Å². The molecule has 17 heteroatoms. The maximum Gasteiger partial charge on any atom is 0.264 e. The van der Waals surface area contributed by atoms with Crippen molar-refractivity contribution in [1.29, 1.82) is 0 Å². The van der Waals surface area contributed by atoms with Gasteiger partial charge in [0.2, 0.25) is 17.7 Å². The first-order valence-electron chi connectivity index (χ1n) is 21.1. The number of nitrogens with one attached hydrogen (secondary N) is 3. The highest BCUT2D eigenvalue weighted by atomic mass is 32.1. The fourth-order valence-corrected chi connectivity index (χ4v) is 9.23. The molecule has 1 unspecified atom stereocenters. The summed E-state index contributed by atoms with van der Waals surface area (Å²) in [5.41, 5.74) is 5.83. The van der Waals surface area contributed by atoms with E-state index in [0.717, 1.165) is 27.3 Å². The summed E-state index contributed by atoms with van der Waals surface area (Å²) < 4.78 is 5.75. The Balaban J connectivity index is 0.731. The van der Waals surface area contributed by atoms with Crippen molar-refractivity contribution in [2.24, 2.45) is 0 Å². The van der Waals surface area contributed by atoms with Crippen LogP contribution in [-0.4, -0.2) is 113 Å². The zero-order valence-corrected chi connectivity index (χ0v) is 35.5. The summed E-state index contributed by atoms with van der Waals surface area (Å²) in [6.07, 6.45) is 1.96. The van der Waals surface area contributed by atoms with Crippen LogP contribution in [-0.2, 0) is 30.5 Å². The zero-order valence-electron chi connectivity index (χ0n) is 34.7. The number of aromatic nitrogens is 1. The Kier molecular flexibility index (Phi) is 12.0. The van der Waals surface area contributed by atoms with Gasteiger partial charge in [0, 0.05) is 74.2 Å². The first-order valence-corrected chi connectivity index (χ1v) is 22.0. The molecule has 4 aliphatic rings. The Morgan fingerprint density at radius 1 is 0.828 bits per heavy atom. The van der Waals surface area contributed by atoms with Crippen LogP contribution in [0.5, 0.6) is 0 Å². The van der Waals surface area contributed by atoms with E-state index in [1.54, 1.807) is 28.6 Å². The topological polar surface area (TPSA) is 191 Å². The predicted octanol–water partition coefficient (Wildman–Crippen LogP) is 4.71. The number of fused-ring (bicyclic) bond motifs is 2. The molecule has 5 heterocycles. The van der Waals surface area contributed by atoms with Crippen molar-refractivity contribution in [1.82, 2.24) is 25.0 Å². The molecule has 0 aliphatic carbocycles. The van der Waals surface area contributed by atoms with Crippen LogP contribution in [0.2, 0.25) is 0 Å². The SMILES string of the molecule is O=C1CC[C@@H](N2C(=O)c3cccc(NCCOCCC(=O)N4CCN(c5ccc(-c6ccc7c(c6)C(=O)N(C(C(=O)Nc6nccs6)c6ccccc6)C7)cc5)CC4)c3C2=O)C(=O)N1. The average molecular weight is 881 g/mol.